The molecular weight excluding hydrogens is 661 g/mol. The van der Waals surface area contributed by atoms with Gasteiger partial charge in [-0.3, -0.25) is 9.97 Å². The molecule has 0 atom stereocenters. The Labute approximate surface area is 313 Å². The van der Waals surface area contributed by atoms with E-state index in [0.717, 1.165) is 51.3 Å². The summed E-state index contributed by atoms with van der Waals surface area (Å²) in [7, 11) is 0. The highest BCUT2D eigenvalue weighted by molar-refractivity contribution is 6.26. The van der Waals surface area contributed by atoms with Gasteiger partial charge in [0, 0.05) is 17.8 Å². The number of nitrogens with zero attached hydrogens (tertiary/aromatic N) is 4. The summed E-state index contributed by atoms with van der Waals surface area (Å²) in [6.45, 7) is 6.89. The molecule has 0 fully saturated rings. The lowest BCUT2D eigenvalue weighted by molar-refractivity contribution is 0.476. The van der Waals surface area contributed by atoms with Gasteiger partial charge in [0.1, 0.15) is 0 Å². The molecule has 4 heterocycles. The molecule has 0 saturated carbocycles. The van der Waals surface area contributed by atoms with Crippen LogP contribution in [0.25, 0.3) is 66.2 Å². The third-order valence-electron chi connectivity index (χ3n) is 11.4. The molecule has 0 unspecified atom stereocenters. The fourth-order valence-electron chi connectivity index (χ4n) is 8.75. The van der Waals surface area contributed by atoms with E-state index in [9.17, 15) is 0 Å². The Morgan fingerprint density at radius 3 is 1.78 bits per heavy atom. The summed E-state index contributed by atoms with van der Waals surface area (Å²) in [6.07, 6.45) is 3.62. The molecule has 5 nitrogen and oxygen atoms in total. The normalized spacial score (nSPS) is 13.7. The average Bonchev–Trinajstić information content (AvgIpc) is 3.43. The summed E-state index contributed by atoms with van der Waals surface area (Å²) < 4.78 is 6.81. The quantitative estimate of drug-likeness (QED) is 0.172. The number of pyridine rings is 3. The van der Waals surface area contributed by atoms with Crippen molar-refractivity contribution in [3.05, 3.63) is 169 Å². The standard InChI is InChI=1S/C49H34N4O/c1-29-18-19-33-34(22-29)31-12-4-5-13-32(31)35-25-37-38-27-48-46(28-40(38)49(2,3)39(37)26-36(33)35)53(45-16-6-7-17-47(45)54-48)30-23-43(41-14-8-10-20-50-41)52-44(24-30)42-15-9-11-21-51-42/h4-28H,1-3H3. The molecular formula is C49H34N4O. The maximum Gasteiger partial charge on any atom is 0.152 e. The second-order valence-electron chi connectivity index (χ2n) is 15.0. The molecule has 6 aromatic carbocycles. The van der Waals surface area contributed by atoms with Crippen molar-refractivity contribution in [1.82, 2.24) is 15.0 Å². The van der Waals surface area contributed by atoms with E-state index in [1.165, 1.54) is 60.1 Å². The van der Waals surface area contributed by atoms with Crippen LogP contribution in [0, 0.1) is 6.92 Å². The molecule has 11 rings (SSSR count). The number of hydrogen-bond donors (Lipinski definition) is 0. The highest BCUT2D eigenvalue weighted by Crippen LogP contribution is 2.58. The topological polar surface area (TPSA) is 51.1 Å². The Morgan fingerprint density at radius 1 is 0.481 bits per heavy atom. The molecule has 1 aliphatic carbocycles. The predicted molar refractivity (Wildman–Crippen MR) is 220 cm³/mol. The van der Waals surface area contributed by atoms with Crippen LogP contribution in [0.3, 0.4) is 0 Å². The zero-order chi connectivity index (χ0) is 36.1. The van der Waals surface area contributed by atoms with E-state index in [-0.39, 0.29) is 5.41 Å². The van der Waals surface area contributed by atoms with Crippen molar-refractivity contribution in [3.63, 3.8) is 0 Å². The number of aromatic nitrogens is 3. The van der Waals surface area contributed by atoms with E-state index in [1.54, 1.807) is 0 Å². The maximum absolute atomic E-state index is 6.81. The number of fused-ring (bicyclic) bond motifs is 11. The minimum atomic E-state index is -0.268. The first-order chi connectivity index (χ1) is 26.4. The molecule has 9 aromatic rings. The van der Waals surface area contributed by atoms with Gasteiger partial charge in [-0.2, -0.15) is 0 Å². The van der Waals surface area contributed by atoms with Gasteiger partial charge in [0.2, 0.25) is 0 Å². The van der Waals surface area contributed by atoms with Gasteiger partial charge < -0.3 is 9.64 Å². The maximum atomic E-state index is 6.81. The number of para-hydroxylation sites is 2. The largest absolute Gasteiger partial charge is 0.453 e. The molecule has 5 heteroatoms. The number of benzene rings is 6. The first-order valence-electron chi connectivity index (χ1n) is 18.4. The van der Waals surface area contributed by atoms with Gasteiger partial charge in [-0.25, -0.2) is 4.98 Å². The van der Waals surface area contributed by atoms with Crippen molar-refractivity contribution in [1.29, 1.82) is 0 Å². The van der Waals surface area contributed by atoms with Gasteiger partial charge in [0.15, 0.2) is 11.5 Å². The smallest absolute Gasteiger partial charge is 0.152 e. The molecule has 0 amide bonds. The summed E-state index contributed by atoms with van der Waals surface area (Å²) in [5, 5.41) is 7.72. The van der Waals surface area contributed by atoms with Crippen LogP contribution in [-0.4, -0.2) is 15.0 Å². The fraction of sp³-hybridized carbons (Fsp3) is 0.0816. The zero-order valence-corrected chi connectivity index (χ0v) is 30.1. The van der Waals surface area contributed by atoms with Gasteiger partial charge in [0.05, 0.1) is 39.8 Å². The minimum absolute atomic E-state index is 0.268. The molecule has 0 saturated heterocycles. The average molecular weight is 695 g/mol. The molecule has 54 heavy (non-hydrogen) atoms. The van der Waals surface area contributed by atoms with Crippen molar-refractivity contribution in [2.75, 3.05) is 4.90 Å². The summed E-state index contributed by atoms with van der Waals surface area (Å²) in [5.41, 5.74) is 12.1. The number of rotatable bonds is 3. The van der Waals surface area contributed by atoms with Crippen LogP contribution in [0.15, 0.2) is 152 Å². The monoisotopic (exact) mass is 694 g/mol. The van der Waals surface area contributed by atoms with Crippen LogP contribution in [0.2, 0.25) is 0 Å². The van der Waals surface area contributed by atoms with Gasteiger partial charge in [-0.05, 0) is 134 Å². The summed E-state index contributed by atoms with van der Waals surface area (Å²) >= 11 is 0. The van der Waals surface area contributed by atoms with Crippen molar-refractivity contribution < 1.29 is 4.74 Å². The number of ether oxygens (including phenoxy) is 1. The zero-order valence-electron chi connectivity index (χ0n) is 30.1. The van der Waals surface area contributed by atoms with Crippen LogP contribution in [-0.2, 0) is 5.41 Å². The SMILES string of the molecule is Cc1ccc2c(c1)c1ccccc1c1cc3c(cc21)C(C)(C)c1cc2c(cc1-3)Oc1ccccc1N2c1cc(-c2ccccn2)nc(-c2ccccn2)c1. The molecule has 256 valence electrons. The lowest BCUT2D eigenvalue weighted by Gasteiger charge is -2.34. The first kappa shape index (κ1) is 30.7. The van der Waals surface area contributed by atoms with E-state index in [2.05, 4.69) is 127 Å². The second kappa shape index (κ2) is 11.3. The molecule has 1 aliphatic heterocycles. The predicted octanol–water partition coefficient (Wildman–Crippen LogP) is 12.9. The number of aryl methyl sites for hydroxylation is 1. The van der Waals surface area contributed by atoms with E-state index in [1.807, 2.05) is 60.9 Å². The van der Waals surface area contributed by atoms with Crippen molar-refractivity contribution in [2.45, 2.75) is 26.2 Å². The van der Waals surface area contributed by atoms with Gasteiger partial charge in [-0.1, -0.05) is 86.1 Å². The lowest BCUT2D eigenvalue weighted by Crippen LogP contribution is -2.19. The Balaban J connectivity index is 1.16. The van der Waals surface area contributed by atoms with E-state index >= 15 is 0 Å². The van der Waals surface area contributed by atoms with E-state index < -0.39 is 0 Å². The molecule has 3 aromatic heterocycles. The van der Waals surface area contributed by atoms with E-state index in [0.29, 0.717) is 0 Å². The van der Waals surface area contributed by atoms with Crippen LogP contribution in [0.1, 0.15) is 30.5 Å². The van der Waals surface area contributed by atoms with Crippen LogP contribution < -0.4 is 9.64 Å². The summed E-state index contributed by atoms with van der Waals surface area (Å²) in [6, 6.07) is 49.6. The fourth-order valence-corrected chi connectivity index (χ4v) is 8.75. The van der Waals surface area contributed by atoms with Gasteiger partial charge in [-0.15, -0.1) is 0 Å². The first-order valence-corrected chi connectivity index (χ1v) is 18.4. The second-order valence-corrected chi connectivity index (χ2v) is 15.0. The highest BCUT2D eigenvalue weighted by atomic mass is 16.5. The third kappa shape index (κ3) is 4.48. The van der Waals surface area contributed by atoms with Gasteiger partial charge >= 0.3 is 0 Å². The summed E-state index contributed by atoms with van der Waals surface area (Å²) in [5.74, 6) is 1.61. The van der Waals surface area contributed by atoms with Crippen LogP contribution >= 0.6 is 0 Å². The molecule has 0 spiro atoms. The van der Waals surface area contributed by atoms with Crippen LogP contribution in [0.4, 0.5) is 17.1 Å². The molecule has 0 bridgehead atoms. The number of hydrogen-bond acceptors (Lipinski definition) is 5. The van der Waals surface area contributed by atoms with Crippen molar-refractivity contribution in [3.8, 4) is 45.4 Å². The minimum Gasteiger partial charge on any atom is -0.453 e. The van der Waals surface area contributed by atoms with Crippen molar-refractivity contribution in [2.24, 2.45) is 0 Å². The number of anilines is 3. The Kier molecular flexibility index (Phi) is 6.45. The lowest BCUT2D eigenvalue weighted by atomic mass is 9.81. The Hall–Kier alpha value is -6.85. The Morgan fingerprint density at radius 2 is 1.07 bits per heavy atom. The molecule has 0 radical (unpaired) electrons. The molecule has 2 aliphatic rings. The third-order valence-corrected chi connectivity index (χ3v) is 11.4. The summed E-state index contributed by atoms with van der Waals surface area (Å²) in [4.78, 5) is 16.8. The van der Waals surface area contributed by atoms with Gasteiger partial charge in [0.25, 0.3) is 0 Å². The van der Waals surface area contributed by atoms with E-state index in [4.69, 9.17) is 9.72 Å². The van der Waals surface area contributed by atoms with Crippen molar-refractivity contribution >= 4 is 49.4 Å². The Bertz CT molecular complexity index is 2950. The van der Waals surface area contributed by atoms with Crippen LogP contribution in [0.5, 0.6) is 11.5 Å². The highest BCUT2D eigenvalue weighted by Gasteiger charge is 2.39. The molecule has 0 N–H and O–H groups in total.